The maximum atomic E-state index is 13.7. The number of aromatic amines is 1. The zero-order chi connectivity index (χ0) is 22.1. The first-order valence-corrected chi connectivity index (χ1v) is 10.6. The first-order chi connectivity index (χ1) is 15.5. The monoisotopic (exact) mass is 438 g/mol. The number of halogens is 3. The number of anilines is 2. The molecule has 0 spiro atoms. The number of aromatic nitrogens is 5. The normalized spacial score (nSPS) is 15.2. The molecule has 5 rings (SSSR count). The summed E-state index contributed by atoms with van der Waals surface area (Å²) in [6.07, 6.45) is 0.565. The number of hydrogen-bond acceptors (Lipinski definition) is 5. The molecular formula is C23H21F3N6. The molecule has 2 N–H and O–H groups in total. The average Bonchev–Trinajstić information content (AvgIpc) is 3.22. The first-order valence-electron chi connectivity index (χ1n) is 10.6. The van der Waals surface area contributed by atoms with Gasteiger partial charge in [-0.25, -0.2) is 4.98 Å². The fourth-order valence-electron chi connectivity index (χ4n) is 4.20. The summed E-state index contributed by atoms with van der Waals surface area (Å²) in [4.78, 5) is 13.5. The predicted octanol–water partition coefficient (Wildman–Crippen LogP) is 6.23. The standard InChI is InChI=1S/C23H21F3N6/c24-23(25,26)17-12-6-4-10-15(17)20-27-19(14-8-2-1-3-9-14)28-22(29-20)30-21-16-11-5-7-13-18(16)31-32-21/h4-7,10-14H,1-3,8-9H2,(H2,27,28,29,30,31,32). The van der Waals surface area contributed by atoms with E-state index >= 15 is 0 Å². The molecule has 32 heavy (non-hydrogen) atoms. The molecule has 164 valence electrons. The van der Waals surface area contributed by atoms with Gasteiger partial charge in [-0.05, 0) is 31.0 Å². The lowest BCUT2D eigenvalue weighted by Gasteiger charge is -2.21. The molecule has 6 nitrogen and oxygen atoms in total. The molecule has 0 amide bonds. The van der Waals surface area contributed by atoms with E-state index in [9.17, 15) is 13.2 Å². The summed E-state index contributed by atoms with van der Waals surface area (Å²) in [6, 6.07) is 12.9. The van der Waals surface area contributed by atoms with Crippen molar-refractivity contribution in [2.24, 2.45) is 0 Å². The summed E-state index contributed by atoms with van der Waals surface area (Å²) >= 11 is 0. The van der Waals surface area contributed by atoms with Crippen molar-refractivity contribution in [2.75, 3.05) is 5.32 Å². The van der Waals surface area contributed by atoms with Crippen LogP contribution in [0.5, 0.6) is 0 Å². The van der Waals surface area contributed by atoms with Crippen LogP contribution >= 0.6 is 0 Å². The van der Waals surface area contributed by atoms with Gasteiger partial charge in [0.2, 0.25) is 5.95 Å². The SMILES string of the molecule is FC(F)(F)c1ccccc1-c1nc(Nc2n[nH]c3ccccc23)nc(C2CCCCC2)n1. The van der Waals surface area contributed by atoms with Crippen LogP contribution in [0.4, 0.5) is 24.9 Å². The molecule has 2 aromatic heterocycles. The van der Waals surface area contributed by atoms with Crippen molar-refractivity contribution in [3.63, 3.8) is 0 Å². The quantitative estimate of drug-likeness (QED) is 0.395. The summed E-state index contributed by atoms with van der Waals surface area (Å²) < 4.78 is 41.0. The number of alkyl halides is 3. The van der Waals surface area contributed by atoms with Crippen molar-refractivity contribution in [3.05, 3.63) is 59.9 Å². The summed E-state index contributed by atoms with van der Waals surface area (Å²) in [5.74, 6) is 1.33. The highest BCUT2D eigenvalue weighted by atomic mass is 19.4. The van der Waals surface area contributed by atoms with Crippen molar-refractivity contribution in [2.45, 2.75) is 44.2 Å². The van der Waals surface area contributed by atoms with Crippen LogP contribution in [0.2, 0.25) is 0 Å². The number of fused-ring (bicyclic) bond motifs is 1. The Bertz CT molecular complexity index is 1240. The van der Waals surface area contributed by atoms with E-state index in [1.165, 1.54) is 12.1 Å². The first kappa shape index (κ1) is 20.4. The van der Waals surface area contributed by atoms with Crippen LogP contribution in [0.15, 0.2) is 48.5 Å². The molecular weight excluding hydrogens is 417 g/mol. The van der Waals surface area contributed by atoms with Crippen LogP contribution < -0.4 is 5.32 Å². The molecule has 0 saturated heterocycles. The van der Waals surface area contributed by atoms with Gasteiger partial charge in [0, 0.05) is 16.9 Å². The van der Waals surface area contributed by atoms with Crippen molar-refractivity contribution < 1.29 is 13.2 Å². The van der Waals surface area contributed by atoms with Crippen molar-refractivity contribution in [1.29, 1.82) is 0 Å². The Labute approximate surface area is 182 Å². The number of H-pyrrole nitrogens is 1. The number of para-hydroxylation sites is 1. The maximum Gasteiger partial charge on any atom is 0.417 e. The molecule has 0 radical (unpaired) electrons. The fourth-order valence-corrected chi connectivity index (χ4v) is 4.20. The minimum atomic E-state index is -4.51. The van der Waals surface area contributed by atoms with Crippen molar-refractivity contribution >= 4 is 22.7 Å². The molecule has 1 aliphatic carbocycles. The van der Waals surface area contributed by atoms with Gasteiger partial charge >= 0.3 is 6.18 Å². The Morgan fingerprint density at radius 3 is 2.44 bits per heavy atom. The molecule has 1 fully saturated rings. The smallest absolute Gasteiger partial charge is 0.307 e. The highest BCUT2D eigenvalue weighted by Gasteiger charge is 2.34. The summed E-state index contributed by atoms with van der Waals surface area (Å²) in [7, 11) is 0. The topological polar surface area (TPSA) is 79.4 Å². The highest BCUT2D eigenvalue weighted by Crippen LogP contribution is 2.37. The third-order valence-corrected chi connectivity index (χ3v) is 5.80. The van der Waals surface area contributed by atoms with Crippen LogP contribution in [0, 0.1) is 0 Å². The van der Waals surface area contributed by atoms with E-state index in [1.54, 1.807) is 6.07 Å². The second-order valence-electron chi connectivity index (χ2n) is 7.96. The van der Waals surface area contributed by atoms with E-state index in [0.29, 0.717) is 11.6 Å². The van der Waals surface area contributed by atoms with Crippen LogP contribution in [-0.4, -0.2) is 25.1 Å². The summed E-state index contributed by atoms with van der Waals surface area (Å²) in [5.41, 5.74) is 0.00515. The summed E-state index contributed by atoms with van der Waals surface area (Å²) in [6.45, 7) is 0. The van der Waals surface area contributed by atoms with Gasteiger partial charge in [0.25, 0.3) is 0 Å². The lowest BCUT2D eigenvalue weighted by Crippen LogP contribution is -2.14. The summed E-state index contributed by atoms with van der Waals surface area (Å²) in [5, 5.41) is 11.1. The van der Waals surface area contributed by atoms with Crippen molar-refractivity contribution in [1.82, 2.24) is 25.1 Å². The number of hydrogen-bond donors (Lipinski definition) is 2. The largest absolute Gasteiger partial charge is 0.417 e. The van der Waals surface area contributed by atoms with Gasteiger partial charge in [-0.2, -0.15) is 28.2 Å². The zero-order valence-electron chi connectivity index (χ0n) is 17.2. The Balaban J connectivity index is 1.61. The van der Waals surface area contributed by atoms with E-state index in [2.05, 4.69) is 30.5 Å². The molecule has 0 bridgehead atoms. The molecule has 9 heteroatoms. The van der Waals surface area contributed by atoms with Crippen LogP contribution in [0.1, 0.15) is 49.4 Å². The van der Waals surface area contributed by atoms with Gasteiger partial charge in [0.1, 0.15) is 5.82 Å². The molecule has 2 heterocycles. The average molecular weight is 438 g/mol. The van der Waals surface area contributed by atoms with Crippen LogP contribution in [-0.2, 0) is 6.18 Å². The van der Waals surface area contributed by atoms with E-state index in [0.717, 1.165) is 49.1 Å². The van der Waals surface area contributed by atoms with E-state index in [-0.39, 0.29) is 23.3 Å². The van der Waals surface area contributed by atoms with E-state index in [4.69, 9.17) is 0 Å². The second kappa shape index (κ2) is 8.22. The molecule has 0 atom stereocenters. The van der Waals surface area contributed by atoms with Crippen molar-refractivity contribution in [3.8, 4) is 11.4 Å². The highest BCUT2D eigenvalue weighted by molar-refractivity contribution is 5.90. The lowest BCUT2D eigenvalue weighted by molar-refractivity contribution is -0.137. The van der Waals surface area contributed by atoms with E-state index in [1.807, 2.05) is 24.3 Å². The molecule has 4 aromatic rings. The number of nitrogens with zero attached hydrogens (tertiary/aromatic N) is 4. The third kappa shape index (κ3) is 4.02. The molecule has 0 unspecified atom stereocenters. The number of rotatable bonds is 4. The molecule has 1 saturated carbocycles. The van der Waals surface area contributed by atoms with Gasteiger partial charge in [-0.15, -0.1) is 0 Å². The molecule has 0 aliphatic heterocycles. The van der Waals surface area contributed by atoms with Crippen LogP contribution in [0.25, 0.3) is 22.3 Å². The van der Waals surface area contributed by atoms with Gasteiger partial charge in [-0.3, -0.25) is 5.10 Å². The number of nitrogens with one attached hydrogen (secondary N) is 2. The van der Waals surface area contributed by atoms with Gasteiger partial charge in [0.05, 0.1) is 11.1 Å². The van der Waals surface area contributed by atoms with Crippen LogP contribution in [0.3, 0.4) is 0 Å². The number of benzene rings is 2. The third-order valence-electron chi connectivity index (χ3n) is 5.80. The minimum Gasteiger partial charge on any atom is -0.307 e. The Morgan fingerprint density at radius 2 is 1.62 bits per heavy atom. The zero-order valence-corrected chi connectivity index (χ0v) is 17.2. The fraction of sp³-hybridized carbons (Fsp3) is 0.304. The minimum absolute atomic E-state index is 0.0100. The predicted molar refractivity (Wildman–Crippen MR) is 115 cm³/mol. The van der Waals surface area contributed by atoms with Gasteiger partial charge < -0.3 is 5.32 Å². The van der Waals surface area contributed by atoms with Gasteiger partial charge in [0.15, 0.2) is 11.6 Å². The second-order valence-corrected chi connectivity index (χ2v) is 7.96. The van der Waals surface area contributed by atoms with Gasteiger partial charge in [-0.1, -0.05) is 49.6 Å². The Hall–Kier alpha value is -3.49. The lowest BCUT2D eigenvalue weighted by atomic mass is 9.88. The Kier molecular flexibility index (Phi) is 5.24. The molecule has 2 aromatic carbocycles. The maximum absolute atomic E-state index is 13.7. The van der Waals surface area contributed by atoms with E-state index < -0.39 is 11.7 Å². The Morgan fingerprint density at radius 1 is 0.875 bits per heavy atom. The molecule has 1 aliphatic rings.